The third kappa shape index (κ3) is 2.99. The summed E-state index contributed by atoms with van der Waals surface area (Å²) in [6, 6.07) is 7.88. The highest BCUT2D eigenvalue weighted by Gasteiger charge is 2.14. The molecule has 1 heterocycles. The Morgan fingerprint density at radius 3 is 2.94 bits per heavy atom. The number of benzene rings is 1. The number of ether oxygens (including phenoxy) is 1. The molecule has 1 saturated heterocycles. The van der Waals surface area contributed by atoms with Crippen LogP contribution in [0.4, 0.5) is 5.69 Å². The van der Waals surface area contributed by atoms with E-state index >= 15 is 0 Å². The molecule has 3 heteroatoms. The van der Waals surface area contributed by atoms with E-state index in [1.807, 2.05) is 31.2 Å². The summed E-state index contributed by atoms with van der Waals surface area (Å²) in [6.45, 7) is 4.70. The monoisotopic (exact) mass is 245 g/mol. The van der Waals surface area contributed by atoms with Crippen LogP contribution in [-0.4, -0.2) is 23.5 Å². The summed E-state index contributed by atoms with van der Waals surface area (Å²) in [5, 5.41) is 9.13. The Morgan fingerprint density at radius 2 is 2.22 bits per heavy atom. The lowest BCUT2D eigenvalue weighted by molar-refractivity contribution is 0.0634. The molecule has 0 saturated carbocycles. The largest absolute Gasteiger partial charge is 0.515 e. The van der Waals surface area contributed by atoms with E-state index in [2.05, 4.69) is 6.92 Å². The maximum Gasteiger partial charge on any atom is 0.0827 e. The van der Waals surface area contributed by atoms with Crippen molar-refractivity contribution in [3.05, 3.63) is 36.1 Å². The summed E-state index contributed by atoms with van der Waals surface area (Å²) < 4.78 is 5.51. The number of hydrogen-bond acceptors (Lipinski definition) is 3. The predicted molar refractivity (Wildman–Crippen MR) is 74.5 cm³/mol. The van der Waals surface area contributed by atoms with Crippen LogP contribution in [0.2, 0.25) is 0 Å². The van der Waals surface area contributed by atoms with Gasteiger partial charge >= 0.3 is 0 Å². The average molecular weight is 245 g/mol. The predicted octanol–water partition coefficient (Wildman–Crippen LogP) is 3.88. The average Bonchev–Trinajstić information content (AvgIpc) is 2.38. The van der Waals surface area contributed by atoms with Crippen LogP contribution in [0, 0.1) is 0 Å². The van der Waals surface area contributed by atoms with Crippen molar-refractivity contribution >= 4 is 17.0 Å². The zero-order valence-electron chi connectivity index (χ0n) is 10.9. The van der Waals surface area contributed by atoms with Crippen LogP contribution in [0.1, 0.15) is 32.3 Å². The second-order valence-corrected chi connectivity index (χ2v) is 4.64. The summed E-state index contributed by atoms with van der Waals surface area (Å²) in [5.41, 5.74) is 3.90. The van der Waals surface area contributed by atoms with Gasteiger partial charge in [-0.05, 0) is 25.5 Å². The Kier molecular flexibility index (Phi) is 4.15. The van der Waals surface area contributed by atoms with Crippen LogP contribution in [0.3, 0.4) is 0 Å². The lowest BCUT2D eigenvalue weighted by atomic mass is 10.0. The molecular formula is C15H19NO2. The number of nitrogens with zero attached hydrogens (tertiary/aromatic N) is 1. The maximum atomic E-state index is 9.13. The van der Waals surface area contributed by atoms with Crippen LogP contribution in [-0.2, 0) is 4.74 Å². The Labute approximate surface area is 108 Å². The first-order valence-corrected chi connectivity index (χ1v) is 6.29. The molecule has 1 aliphatic heterocycles. The van der Waals surface area contributed by atoms with E-state index in [1.165, 1.54) is 5.71 Å². The van der Waals surface area contributed by atoms with E-state index < -0.39 is 0 Å². The Morgan fingerprint density at radius 1 is 1.44 bits per heavy atom. The van der Waals surface area contributed by atoms with Gasteiger partial charge in [-0.25, -0.2) is 0 Å². The van der Waals surface area contributed by atoms with Gasteiger partial charge in [-0.3, -0.25) is 4.99 Å². The van der Waals surface area contributed by atoms with Gasteiger partial charge < -0.3 is 9.84 Å². The minimum absolute atomic E-state index is 0.249. The molecule has 1 unspecified atom stereocenters. The molecule has 0 spiro atoms. The van der Waals surface area contributed by atoms with Crippen LogP contribution in [0.5, 0.6) is 0 Å². The van der Waals surface area contributed by atoms with Crippen molar-refractivity contribution in [1.82, 2.24) is 0 Å². The first kappa shape index (κ1) is 12.8. The normalized spacial score (nSPS) is 23.3. The second kappa shape index (κ2) is 5.83. The third-order valence-corrected chi connectivity index (χ3v) is 3.12. The lowest BCUT2D eigenvalue weighted by Crippen LogP contribution is -2.22. The van der Waals surface area contributed by atoms with Crippen molar-refractivity contribution in [1.29, 1.82) is 0 Å². The van der Waals surface area contributed by atoms with Gasteiger partial charge in [0.15, 0.2) is 0 Å². The second-order valence-electron chi connectivity index (χ2n) is 4.64. The van der Waals surface area contributed by atoms with Gasteiger partial charge in [0, 0.05) is 24.1 Å². The molecule has 1 atom stereocenters. The molecule has 1 aliphatic rings. The zero-order chi connectivity index (χ0) is 13.0. The Balaban J connectivity index is 2.31. The van der Waals surface area contributed by atoms with E-state index in [-0.39, 0.29) is 6.10 Å². The maximum absolute atomic E-state index is 9.13. The summed E-state index contributed by atoms with van der Waals surface area (Å²) in [4.78, 5) is 4.72. The molecule has 2 rings (SSSR count). The molecule has 18 heavy (non-hydrogen) atoms. The number of hydrogen-bond donors (Lipinski definition) is 1. The van der Waals surface area contributed by atoms with Crippen LogP contribution in [0.15, 0.2) is 35.5 Å². The minimum atomic E-state index is 0.249. The molecule has 0 bridgehead atoms. The van der Waals surface area contributed by atoms with Crippen LogP contribution >= 0.6 is 0 Å². The lowest BCUT2D eigenvalue weighted by Gasteiger charge is -2.20. The molecular weight excluding hydrogens is 226 g/mol. The molecule has 1 aromatic carbocycles. The molecule has 0 aromatic heterocycles. The highest BCUT2D eigenvalue weighted by molar-refractivity contribution is 5.89. The Hall–Kier alpha value is -1.61. The van der Waals surface area contributed by atoms with Gasteiger partial charge in [0.05, 0.1) is 24.7 Å². The Bertz CT molecular complexity index is 477. The van der Waals surface area contributed by atoms with Crippen LogP contribution in [0.25, 0.3) is 5.57 Å². The molecule has 96 valence electrons. The molecule has 3 nitrogen and oxygen atoms in total. The molecule has 1 fully saturated rings. The summed E-state index contributed by atoms with van der Waals surface area (Å²) in [5.74, 6) is 0. The molecule has 0 radical (unpaired) electrons. The van der Waals surface area contributed by atoms with Crippen molar-refractivity contribution in [3.63, 3.8) is 0 Å². The highest BCUT2D eigenvalue weighted by atomic mass is 16.5. The van der Waals surface area contributed by atoms with E-state index in [9.17, 15) is 0 Å². The van der Waals surface area contributed by atoms with E-state index in [4.69, 9.17) is 14.8 Å². The van der Waals surface area contributed by atoms with Gasteiger partial charge in [0.2, 0.25) is 0 Å². The standard InChI is InChI=1S/C15H19NO2/c1-11(10-17)14-5-3-4-6-15(14)16-13-7-8-18-12(2)9-13/h3-6,10,12,17H,7-9H2,1-2H3/b11-10-,16-13?. The first-order chi connectivity index (χ1) is 8.70. The number of aliphatic hydroxyl groups excluding tert-OH is 1. The summed E-state index contributed by atoms with van der Waals surface area (Å²) in [7, 11) is 0. The first-order valence-electron chi connectivity index (χ1n) is 6.29. The van der Waals surface area contributed by atoms with E-state index in [0.29, 0.717) is 0 Å². The van der Waals surface area contributed by atoms with Gasteiger partial charge in [-0.2, -0.15) is 0 Å². The fourth-order valence-electron chi connectivity index (χ4n) is 2.12. The molecule has 1 N–H and O–H groups in total. The SMILES string of the molecule is C/C(=C/O)c1ccccc1N=C1CCOC(C)C1. The van der Waals surface area contributed by atoms with Crippen molar-refractivity contribution < 1.29 is 9.84 Å². The minimum Gasteiger partial charge on any atom is -0.515 e. The van der Waals surface area contributed by atoms with Gasteiger partial charge in [-0.15, -0.1) is 0 Å². The highest BCUT2D eigenvalue weighted by Crippen LogP contribution is 2.27. The van der Waals surface area contributed by atoms with Gasteiger partial charge in [-0.1, -0.05) is 18.2 Å². The number of rotatable bonds is 2. The van der Waals surface area contributed by atoms with Gasteiger partial charge in [0.25, 0.3) is 0 Å². The number of allylic oxidation sites excluding steroid dienone is 1. The quantitative estimate of drug-likeness (QED) is 0.803. The van der Waals surface area contributed by atoms with Crippen molar-refractivity contribution in [2.75, 3.05) is 6.61 Å². The molecule has 0 amide bonds. The third-order valence-electron chi connectivity index (χ3n) is 3.12. The van der Waals surface area contributed by atoms with Crippen molar-refractivity contribution in [3.8, 4) is 0 Å². The zero-order valence-corrected chi connectivity index (χ0v) is 10.9. The fourth-order valence-corrected chi connectivity index (χ4v) is 2.12. The summed E-state index contributed by atoms with van der Waals surface area (Å²) in [6.07, 6.45) is 3.15. The molecule has 0 aliphatic carbocycles. The van der Waals surface area contributed by atoms with Crippen molar-refractivity contribution in [2.45, 2.75) is 32.8 Å². The van der Waals surface area contributed by atoms with E-state index in [0.717, 1.165) is 42.5 Å². The van der Waals surface area contributed by atoms with Gasteiger partial charge in [0.1, 0.15) is 0 Å². The van der Waals surface area contributed by atoms with Crippen LogP contribution < -0.4 is 0 Å². The smallest absolute Gasteiger partial charge is 0.0827 e. The number of aliphatic imine (C=N–C) groups is 1. The van der Waals surface area contributed by atoms with Crippen molar-refractivity contribution in [2.24, 2.45) is 4.99 Å². The molecule has 1 aromatic rings. The summed E-state index contributed by atoms with van der Waals surface area (Å²) >= 11 is 0. The van der Waals surface area contributed by atoms with E-state index in [1.54, 1.807) is 0 Å². The number of aliphatic hydroxyl groups is 1. The topological polar surface area (TPSA) is 41.8 Å². The fraction of sp³-hybridized carbons (Fsp3) is 0.400. The number of para-hydroxylation sites is 1.